The Labute approximate surface area is 116 Å². The molecule has 0 aliphatic heterocycles. The molecule has 0 radical (unpaired) electrons. The maximum Gasteiger partial charge on any atom is 0.100 e. The molecule has 3 rings (SSSR count). The van der Waals surface area contributed by atoms with Crippen molar-refractivity contribution in [2.75, 3.05) is 0 Å². The second kappa shape index (κ2) is 4.83. The minimum absolute atomic E-state index is 0.726. The molecule has 0 fully saturated rings. The molecule has 19 heavy (non-hydrogen) atoms. The highest BCUT2D eigenvalue weighted by Crippen LogP contribution is 2.34. The maximum absolute atomic E-state index is 9.19. The maximum atomic E-state index is 9.19. The first-order valence-corrected chi connectivity index (χ1v) is 6.85. The number of H-pyrrole nitrogens is 1. The van der Waals surface area contributed by atoms with Gasteiger partial charge in [0, 0.05) is 15.8 Å². The summed E-state index contributed by atoms with van der Waals surface area (Å²) in [4.78, 5) is 4.40. The lowest BCUT2D eigenvalue weighted by Crippen LogP contribution is -1.85. The summed E-state index contributed by atoms with van der Waals surface area (Å²) >= 11 is 1.61. The normalized spacial score (nSPS) is 10.5. The molecule has 92 valence electrons. The number of nitrogens with one attached hydrogen (secondary N) is 1. The summed E-state index contributed by atoms with van der Waals surface area (Å²) in [6.45, 7) is 2.03. The van der Waals surface area contributed by atoms with E-state index in [1.165, 1.54) is 5.39 Å². The van der Waals surface area contributed by atoms with Crippen LogP contribution in [-0.4, -0.2) is 4.98 Å². The first kappa shape index (κ1) is 11.9. The Balaban J connectivity index is 2.04. The van der Waals surface area contributed by atoms with Crippen LogP contribution >= 0.6 is 11.8 Å². The van der Waals surface area contributed by atoms with Gasteiger partial charge in [0.1, 0.15) is 6.07 Å². The van der Waals surface area contributed by atoms with E-state index in [0.717, 1.165) is 26.6 Å². The average molecular weight is 264 g/mol. The van der Waals surface area contributed by atoms with Crippen molar-refractivity contribution in [1.82, 2.24) is 4.98 Å². The smallest absolute Gasteiger partial charge is 0.100 e. The Hall–Kier alpha value is -2.18. The Bertz CT molecular complexity index is 748. The van der Waals surface area contributed by atoms with Crippen LogP contribution in [0.2, 0.25) is 0 Å². The minimum atomic E-state index is 0.726. The molecule has 0 bridgehead atoms. The zero-order valence-electron chi connectivity index (χ0n) is 10.5. The first-order chi connectivity index (χ1) is 9.28. The summed E-state index contributed by atoms with van der Waals surface area (Å²) in [5.41, 5.74) is 2.98. The Morgan fingerprint density at radius 3 is 2.74 bits per heavy atom. The average Bonchev–Trinajstić information content (AvgIpc) is 2.83. The molecule has 0 saturated carbocycles. The van der Waals surface area contributed by atoms with Gasteiger partial charge in [-0.3, -0.25) is 0 Å². The fourth-order valence-electron chi connectivity index (χ4n) is 2.09. The van der Waals surface area contributed by atoms with Crippen LogP contribution in [0.1, 0.15) is 11.1 Å². The summed E-state index contributed by atoms with van der Waals surface area (Å²) < 4.78 is 0. The number of nitrogens with zero attached hydrogens (tertiary/aromatic N) is 1. The number of rotatable bonds is 2. The molecule has 3 aromatic rings. The van der Waals surface area contributed by atoms with Crippen molar-refractivity contribution in [1.29, 1.82) is 5.26 Å². The van der Waals surface area contributed by atoms with E-state index in [1.54, 1.807) is 11.8 Å². The van der Waals surface area contributed by atoms with Gasteiger partial charge in [-0.05, 0) is 30.7 Å². The highest BCUT2D eigenvalue weighted by molar-refractivity contribution is 7.99. The third kappa shape index (κ3) is 2.23. The predicted octanol–water partition coefficient (Wildman–Crippen LogP) is 4.50. The van der Waals surface area contributed by atoms with Gasteiger partial charge in [-0.25, -0.2) is 0 Å². The van der Waals surface area contributed by atoms with E-state index in [4.69, 9.17) is 0 Å². The molecule has 0 aliphatic rings. The standard InChI is InChI=1S/C16H12N2S/c1-11-5-4-7-13(10-17)16(11)19-15-9-12-6-2-3-8-14(12)18-15/h2-9,18H,1H3. The highest BCUT2D eigenvalue weighted by atomic mass is 32.2. The Kier molecular flexibility index (Phi) is 3.02. The van der Waals surface area contributed by atoms with E-state index in [1.807, 2.05) is 37.3 Å². The molecule has 2 aromatic carbocycles. The van der Waals surface area contributed by atoms with Crippen molar-refractivity contribution in [3.63, 3.8) is 0 Å². The lowest BCUT2D eigenvalue weighted by atomic mass is 10.1. The van der Waals surface area contributed by atoms with Crippen molar-refractivity contribution in [3.8, 4) is 6.07 Å². The minimum Gasteiger partial charge on any atom is -0.349 e. The van der Waals surface area contributed by atoms with Crippen molar-refractivity contribution >= 4 is 22.7 Å². The number of hydrogen-bond acceptors (Lipinski definition) is 2. The predicted molar refractivity (Wildman–Crippen MR) is 78.3 cm³/mol. The number of aromatic nitrogens is 1. The van der Waals surface area contributed by atoms with Gasteiger partial charge in [0.25, 0.3) is 0 Å². The molecule has 3 heteroatoms. The molecule has 1 N–H and O–H groups in total. The third-order valence-corrected chi connectivity index (χ3v) is 4.24. The number of para-hydroxylation sites is 1. The fraction of sp³-hybridized carbons (Fsp3) is 0.0625. The van der Waals surface area contributed by atoms with Gasteiger partial charge in [-0.2, -0.15) is 5.26 Å². The molecule has 0 amide bonds. The molecule has 0 saturated heterocycles. The molecule has 0 unspecified atom stereocenters. The monoisotopic (exact) mass is 264 g/mol. The van der Waals surface area contributed by atoms with Crippen LogP contribution in [0, 0.1) is 18.3 Å². The summed E-state index contributed by atoms with van der Waals surface area (Å²) in [6, 6.07) is 18.4. The van der Waals surface area contributed by atoms with Crippen LogP contribution in [0.3, 0.4) is 0 Å². The topological polar surface area (TPSA) is 39.6 Å². The number of benzene rings is 2. The van der Waals surface area contributed by atoms with Gasteiger partial charge in [0.2, 0.25) is 0 Å². The number of fused-ring (bicyclic) bond motifs is 1. The largest absolute Gasteiger partial charge is 0.349 e. The second-order valence-electron chi connectivity index (χ2n) is 4.39. The van der Waals surface area contributed by atoms with Gasteiger partial charge in [0.15, 0.2) is 0 Å². The summed E-state index contributed by atoms with van der Waals surface area (Å²) in [5, 5.41) is 11.4. The van der Waals surface area contributed by atoms with E-state index < -0.39 is 0 Å². The third-order valence-electron chi connectivity index (χ3n) is 3.05. The van der Waals surface area contributed by atoms with E-state index in [9.17, 15) is 5.26 Å². The molecule has 1 aromatic heterocycles. The van der Waals surface area contributed by atoms with E-state index >= 15 is 0 Å². The lowest BCUT2D eigenvalue weighted by Gasteiger charge is -2.05. The van der Waals surface area contributed by atoms with Crippen LogP contribution in [0.5, 0.6) is 0 Å². The molecular formula is C16H12N2S. The molecule has 0 aliphatic carbocycles. The van der Waals surface area contributed by atoms with Crippen LogP contribution in [0.15, 0.2) is 58.5 Å². The van der Waals surface area contributed by atoms with Crippen molar-refractivity contribution in [3.05, 3.63) is 59.7 Å². The summed E-state index contributed by atoms with van der Waals surface area (Å²) in [7, 11) is 0. The van der Waals surface area contributed by atoms with Crippen molar-refractivity contribution in [2.45, 2.75) is 16.8 Å². The molecular weight excluding hydrogens is 252 g/mol. The van der Waals surface area contributed by atoms with Crippen LogP contribution in [-0.2, 0) is 0 Å². The number of nitriles is 1. The van der Waals surface area contributed by atoms with Gasteiger partial charge in [-0.15, -0.1) is 0 Å². The quantitative estimate of drug-likeness (QED) is 0.740. The zero-order chi connectivity index (χ0) is 13.2. The van der Waals surface area contributed by atoms with Gasteiger partial charge in [-0.1, -0.05) is 42.1 Å². The van der Waals surface area contributed by atoms with E-state index in [2.05, 4.69) is 29.3 Å². The van der Waals surface area contributed by atoms with Crippen molar-refractivity contribution < 1.29 is 0 Å². The molecule has 2 nitrogen and oxygen atoms in total. The second-order valence-corrected chi connectivity index (χ2v) is 5.44. The number of hydrogen-bond donors (Lipinski definition) is 1. The van der Waals surface area contributed by atoms with Crippen molar-refractivity contribution in [2.24, 2.45) is 0 Å². The lowest BCUT2D eigenvalue weighted by molar-refractivity contribution is 1.21. The SMILES string of the molecule is Cc1cccc(C#N)c1Sc1cc2ccccc2[nH]1. The van der Waals surface area contributed by atoms with E-state index in [-0.39, 0.29) is 0 Å². The molecule has 0 spiro atoms. The van der Waals surface area contributed by atoms with E-state index in [0.29, 0.717) is 0 Å². The molecule has 0 atom stereocenters. The highest BCUT2D eigenvalue weighted by Gasteiger charge is 2.09. The Morgan fingerprint density at radius 1 is 1.11 bits per heavy atom. The van der Waals surface area contributed by atoms with Crippen LogP contribution < -0.4 is 0 Å². The van der Waals surface area contributed by atoms with Gasteiger partial charge >= 0.3 is 0 Å². The number of aryl methyl sites for hydroxylation is 1. The first-order valence-electron chi connectivity index (χ1n) is 6.03. The molecule has 1 heterocycles. The zero-order valence-corrected chi connectivity index (χ0v) is 11.3. The van der Waals surface area contributed by atoms with Gasteiger partial charge in [0.05, 0.1) is 10.6 Å². The summed E-state index contributed by atoms with van der Waals surface area (Å²) in [6.07, 6.45) is 0. The van der Waals surface area contributed by atoms with Gasteiger partial charge < -0.3 is 4.98 Å². The fourth-order valence-corrected chi connectivity index (χ4v) is 3.11. The van der Waals surface area contributed by atoms with Crippen LogP contribution in [0.25, 0.3) is 10.9 Å². The van der Waals surface area contributed by atoms with Crippen LogP contribution in [0.4, 0.5) is 0 Å². The Morgan fingerprint density at radius 2 is 1.95 bits per heavy atom. The summed E-state index contributed by atoms with van der Waals surface area (Å²) in [5.74, 6) is 0. The number of aromatic amines is 1.